The summed E-state index contributed by atoms with van der Waals surface area (Å²) in [5.74, 6) is -1.72. The first-order chi connectivity index (χ1) is 15.8. The number of H-pyrrole nitrogens is 1. The maximum absolute atomic E-state index is 12.8. The van der Waals surface area contributed by atoms with Crippen LogP contribution in [0.2, 0.25) is 0 Å². The third kappa shape index (κ3) is 5.90. The van der Waals surface area contributed by atoms with Gasteiger partial charge in [0.05, 0.1) is 18.4 Å². The Morgan fingerprint density at radius 1 is 1.18 bits per heavy atom. The van der Waals surface area contributed by atoms with Gasteiger partial charge in [-0.15, -0.1) is 5.06 Å². The highest BCUT2D eigenvalue weighted by atomic mass is 19.4. The summed E-state index contributed by atoms with van der Waals surface area (Å²) in [6.07, 6.45) is 2.92. The van der Waals surface area contributed by atoms with Crippen LogP contribution in [0.4, 0.5) is 13.2 Å². The first kappa shape index (κ1) is 23.2. The number of pyridine rings is 1. The van der Waals surface area contributed by atoms with Gasteiger partial charge in [-0.25, -0.2) is 14.8 Å². The van der Waals surface area contributed by atoms with E-state index >= 15 is 0 Å². The Labute approximate surface area is 190 Å². The molecule has 0 bridgehead atoms. The molecule has 0 saturated heterocycles. The number of halogens is 3. The van der Waals surface area contributed by atoms with Crippen LogP contribution in [-0.2, 0) is 16.2 Å². The molecule has 6 nitrogen and oxygen atoms in total. The summed E-state index contributed by atoms with van der Waals surface area (Å²) in [6.45, 7) is 2.26. The monoisotopic (exact) mass is 460 g/mol. The number of nitrogens with one attached hydrogen (secondary N) is 1. The van der Waals surface area contributed by atoms with Crippen molar-refractivity contribution in [3.63, 3.8) is 0 Å². The molecule has 176 valence electrons. The summed E-state index contributed by atoms with van der Waals surface area (Å²) in [7, 11) is 0. The van der Waals surface area contributed by atoms with Gasteiger partial charge in [-0.3, -0.25) is 0 Å². The smallest absolute Gasteiger partial charge is 0.360 e. The molecule has 3 aromatic rings. The van der Waals surface area contributed by atoms with E-state index in [0.717, 1.165) is 58.6 Å². The standard InChI is InChI=1S/C24H27F3N4O2/c1-16-20(13-21-22(30-16)29-15-28-21)19-9-7-18(8-10-19)14-31(33-23(32)24(25,26)27)12-11-17-5-3-2-4-6-17/h7-10,13,15,17H,2-6,11-12,14H2,1H3,(H,28,29,30). The molecule has 0 amide bonds. The molecular weight excluding hydrogens is 433 g/mol. The average Bonchev–Trinajstić information content (AvgIpc) is 3.25. The predicted molar refractivity (Wildman–Crippen MR) is 118 cm³/mol. The van der Waals surface area contributed by atoms with Crippen molar-refractivity contribution in [1.82, 2.24) is 20.0 Å². The van der Waals surface area contributed by atoms with Crippen molar-refractivity contribution in [2.75, 3.05) is 6.54 Å². The number of carbonyl (C=O) groups excluding carboxylic acids is 1. The molecule has 0 radical (unpaired) electrons. The molecule has 0 spiro atoms. The molecule has 0 aliphatic heterocycles. The number of benzene rings is 1. The van der Waals surface area contributed by atoms with Crippen LogP contribution in [0.3, 0.4) is 0 Å². The van der Waals surface area contributed by atoms with Crippen LogP contribution < -0.4 is 0 Å². The van der Waals surface area contributed by atoms with Gasteiger partial charge in [0.15, 0.2) is 5.65 Å². The average molecular weight is 461 g/mol. The SMILES string of the molecule is Cc1nc2nc[nH]c2cc1-c1ccc(CN(CCC2CCCCC2)OC(=O)C(F)(F)F)cc1. The van der Waals surface area contributed by atoms with Crippen molar-refractivity contribution in [3.8, 4) is 11.1 Å². The Hall–Kier alpha value is -2.94. The van der Waals surface area contributed by atoms with Crippen LogP contribution in [0, 0.1) is 12.8 Å². The maximum Gasteiger partial charge on any atom is 0.492 e. The minimum Gasteiger partial charge on any atom is -0.360 e. The molecule has 1 aromatic carbocycles. The van der Waals surface area contributed by atoms with Crippen LogP contribution in [0.5, 0.6) is 0 Å². The zero-order valence-electron chi connectivity index (χ0n) is 18.5. The molecule has 2 heterocycles. The zero-order chi connectivity index (χ0) is 23.4. The van der Waals surface area contributed by atoms with Crippen LogP contribution in [0.25, 0.3) is 22.3 Å². The fraction of sp³-hybridized carbons (Fsp3) is 0.458. The van der Waals surface area contributed by atoms with E-state index in [2.05, 4.69) is 15.0 Å². The number of rotatable bonds is 7. The maximum atomic E-state index is 12.8. The molecule has 2 aromatic heterocycles. The van der Waals surface area contributed by atoms with Gasteiger partial charge < -0.3 is 9.82 Å². The van der Waals surface area contributed by atoms with Gasteiger partial charge in [-0.2, -0.15) is 13.2 Å². The van der Waals surface area contributed by atoms with Crippen molar-refractivity contribution >= 4 is 17.1 Å². The zero-order valence-corrected chi connectivity index (χ0v) is 18.5. The largest absolute Gasteiger partial charge is 0.492 e. The lowest BCUT2D eigenvalue weighted by Crippen LogP contribution is -2.35. The van der Waals surface area contributed by atoms with Crippen molar-refractivity contribution in [1.29, 1.82) is 0 Å². The number of aromatic nitrogens is 3. The number of hydrogen-bond acceptors (Lipinski definition) is 5. The van der Waals surface area contributed by atoms with Gasteiger partial charge in [0.1, 0.15) is 0 Å². The quantitative estimate of drug-likeness (QED) is 0.456. The van der Waals surface area contributed by atoms with Crippen LogP contribution >= 0.6 is 0 Å². The van der Waals surface area contributed by atoms with Crippen LogP contribution in [-0.4, -0.2) is 38.7 Å². The molecule has 1 aliphatic carbocycles. The van der Waals surface area contributed by atoms with E-state index in [1.165, 1.54) is 6.42 Å². The van der Waals surface area contributed by atoms with E-state index in [1.54, 1.807) is 6.33 Å². The van der Waals surface area contributed by atoms with Crippen molar-refractivity contribution in [2.24, 2.45) is 5.92 Å². The molecule has 0 unspecified atom stereocenters. The van der Waals surface area contributed by atoms with Gasteiger partial charge in [-0.05, 0) is 36.5 Å². The van der Waals surface area contributed by atoms with Crippen LogP contribution in [0.15, 0.2) is 36.7 Å². The summed E-state index contributed by atoms with van der Waals surface area (Å²) in [6, 6.07) is 9.43. The Bertz CT molecular complexity index is 1090. The Kier molecular flexibility index (Phi) is 6.97. The lowest BCUT2D eigenvalue weighted by Gasteiger charge is -2.26. The summed E-state index contributed by atoms with van der Waals surface area (Å²) in [5.41, 5.74) is 4.93. The van der Waals surface area contributed by atoms with Gasteiger partial charge in [0, 0.05) is 17.8 Å². The third-order valence-corrected chi connectivity index (χ3v) is 6.18. The second-order valence-electron chi connectivity index (χ2n) is 8.62. The highest BCUT2D eigenvalue weighted by Gasteiger charge is 2.42. The van der Waals surface area contributed by atoms with E-state index in [4.69, 9.17) is 4.84 Å². The topological polar surface area (TPSA) is 71.1 Å². The summed E-state index contributed by atoms with van der Waals surface area (Å²) in [4.78, 5) is 27.9. The summed E-state index contributed by atoms with van der Waals surface area (Å²) >= 11 is 0. The van der Waals surface area contributed by atoms with E-state index in [1.807, 2.05) is 37.3 Å². The molecular formula is C24H27F3N4O2. The number of carbonyl (C=O) groups is 1. The van der Waals surface area contributed by atoms with Crippen molar-refractivity contribution < 1.29 is 22.8 Å². The first-order valence-electron chi connectivity index (χ1n) is 11.2. The molecule has 1 saturated carbocycles. The lowest BCUT2D eigenvalue weighted by molar-refractivity contribution is -0.241. The number of alkyl halides is 3. The molecule has 9 heteroatoms. The second-order valence-corrected chi connectivity index (χ2v) is 8.62. The molecule has 33 heavy (non-hydrogen) atoms. The lowest BCUT2D eigenvalue weighted by atomic mass is 9.87. The van der Waals surface area contributed by atoms with Gasteiger partial charge >= 0.3 is 12.1 Å². The van der Waals surface area contributed by atoms with Crippen molar-refractivity contribution in [2.45, 2.75) is 58.2 Å². The molecule has 1 aliphatic rings. The molecule has 1 fully saturated rings. The number of aromatic amines is 1. The summed E-state index contributed by atoms with van der Waals surface area (Å²) < 4.78 is 38.4. The van der Waals surface area contributed by atoms with E-state index < -0.39 is 12.1 Å². The Morgan fingerprint density at radius 3 is 2.61 bits per heavy atom. The first-order valence-corrected chi connectivity index (χ1v) is 11.2. The fourth-order valence-corrected chi connectivity index (χ4v) is 4.37. The molecule has 4 rings (SSSR count). The number of nitrogens with zero attached hydrogens (tertiary/aromatic N) is 3. The van der Waals surface area contributed by atoms with Crippen LogP contribution in [0.1, 0.15) is 49.8 Å². The Balaban J connectivity index is 1.47. The van der Waals surface area contributed by atoms with E-state index in [9.17, 15) is 18.0 Å². The highest BCUT2D eigenvalue weighted by Crippen LogP contribution is 2.28. The van der Waals surface area contributed by atoms with Gasteiger partial charge in [0.25, 0.3) is 0 Å². The molecule has 1 N–H and O–H groups in total. The third-order valence-electron chi connectivity index (χ3n) is 6.18. The van der Waals surface area contributed by atoms with Gasteiger partial charge in [0.2, 0.25) is 0 Å². The van der Waals surface area contributed by atoms with E-state index in [-0.39, 0.29) is 13.1 Å². The van der Waals surface area contributed by atoms with Crippen molar-refractivity contribution in [3.05, 3.63) is 47.9 Å². The second kappa shape index (κ2) is 9.91. The number of hydroxylamine groups is 2. The Morgan fingerprint density at radius 2 is 1.91 bits per heavy atom. The fourth-order valence-electron chi connectivity index (χ4n) is 4.37. The van der Waals surface area contributed by atoms with E-state index in [0.29, 0.717) is 18.0 Å². The number of imidazole rings is 1. The normalized spacial score (nSPS) is 15.3. The predicted octanol–water partition coefficient (Wildman–Crippen LogP) is 5.73. The summed E-state index contributed by atoms with van der Waals surface area (Å²) in [5, 5.41) is 1.14. The highest BCUT2D eigenvalue weighted by molar-refractivity contribution is 5.79. The minimum atomic E-state index is -5.03. The number of hydrogen-bond donors (Lipinski definition) is 1. The number of fused-ring (bicyclic) bond motifs is 1. The minimum absolute atomic E-state index is 0.0889. The van der Waals surface area contributed by atoms with Gasteiger partial charge in [-0.1, -0.05) is 56.4 Å². The number of aryl methyl sites for hydroxylation is 1. The molecule has 0 atom stereocenters.